The SMILES string of the molecule is COC(=O)N1CC=C[C@@H]2[C@H]1N=C(N)N2C. The molecule has 0 saturated heterocycles. The van der Waals surface area contributed by atoms with Crippen molar-refractivity contribution in [2.45, 2.75) is 12.2 Å². The topological polar surface area (TPSA) is 71.2 Å². The first-order valence-electron chi connectivity index (χ1n) is 4.72. The number of carbonyl (C=O) groups excluding carboxylic acids is 1. The molecule has 0 aliphatic carbocycles. The highest BCUT2D eigenvalue weighted by Crippen LogP contribution is 2.23. The third-order valence-electron chi connectivity index (χ3n) is 2.74. The number of hydrogen-bond donors (Lipinski definition) is 1. The predicted octanol–water partition coefficient (Wildman–Crippen LogP) is -0.421. The molecule has 2 atom stereocenters. The van der Waals surface area contributed by atoms with E-state index in [1.807, 2.05) is 24.1 Å². The summed E-state index contributed by atoms with van der Waals surface area (Å²) in [4.78, 5) is 19.1. The number of aliphatic imine (C=N–C) groups is 1. The van der Waals surface area contributed by atoms with Crippen LogP contribution in [0.4, 0.5) is 4.79 Å². The summed E-state index contributed by atoms with van der Waals surface area (Å²) < 4.78 is 4.69. The first-order valence-corrected chi connectivity index (χ1v) is 4.72. The molecule has 2 heterocycles. The van der Waals surface area contributed by atoms with E-state index in [2.05, 4.69) is 4.99 Å². The minimum absolute atomic E-state index is 0.0258. The molecule has 15 heavy (non-hydrogen) atoms. The monoisotopic (exact) mass is 210 g/mol. The van der Waals surface area contributed by atoms with E-state index in [4.69, 9.17) is 10.5 Å². The van der Waals surface area contributed by atoms with Crippen molar-refractivity contribution in [2.24, 2.45) is 10.7 Å². The maximum Gasteiger partial charge on any atom is 0.411 e. The van der Waals surface area contributed by atoms with Gasteiger partial charge in [-0.25, -0.2) is 9.79 Å². The van der Waals surface area contributed by atoms with Crippen LogP contribution in [0.15, 0.2) is 17.1 Å². The second-order valence-electron chi connectivity index (χ2n) is 3.55. The van der Waals surface area contributed by atoms with Gasteiger partial charge in [-0.05, 0) is 0 Å². The Morgan fingerprint density at radius 3 is 3.13 bits per heavy atom. The fourth-order valence-electron chi connectivity index (χ4n) is 1.86. The lowest BCUT2D eigenvalue weighted by Crippen LogP contribution is -2.50. The molecule has 0 aromatic rings. The zero-order valence-electron chi connectivity index (χ0n) is 8.75. The Morgan fingerprint density at radius 2 is 2.47 bits per heavy atom. The molecule has 0 bridgehead atoms. The Morgan fingerprint density at radius 1 is 1.73 bits per heavy atom. The van der Waals surface area contributed by atoms with Crippen LogP contribution in [-0.2, 0) is 4.74 Å². The van der Waals surface area contributed by atoms with E-state index >= 15 is 0 Å². The van der Waals surface area contributed by atoms with Gasteiger partial charge in [0.1, 0.15) is 0 Å². The standard InChI is InChI=1S/C9H14N4O2/c1-12-6-4-3-5-13(9(14)15-2)7(6)11-8(12)10/h3-4,6-7H,5H2,1-2H3,(H2,10,11)/t6-,7+/m1/s1. The molecule has 0 aromatic heterocycles. The van der Waals surface area contributed by atoms with Gasteiger partial charge in [-0.3, -0.25) is 4.90 Å². The van der Waals surface area contributed by atoms with Gasteiger partial charge >= 0.3 is 6.09 Å². The van der Waals surface area contributed by atoms with Crippen LogP contribution >= 0.6 is 0 Å². The van der Waals surface area contributed by atoms with Crippen LogP contribution in [0, 0.1) is 0 Å². The number of guanidine groups is 1. The molecular formula is C9H14N4O2. The molecule has 0 fully saturated rings. The Kier molecular flexibility index (Phi) is 2.26. The molecule has 2 rings (SSSR count). The van der Waals surface area contributed by atoms with Crippen LogP contribution in [0.2, 0.25) is 0 Å². The lowest BCUT2D eigenvalue weighted by molar-refractivity contribution is 0.101. The van der Waals surface area contributed by atoms with Crippen LogP contribution in [0.5, 0.6) is 0 Å². The zero-order valence-corrected chi connectivity index (χ0v) is 8.75. The number of carbonyl (C=O) groups is 1. The Balaban J connectivity index is 2.25. The highest BCUT2D eigenvalue weighted by atomic mass is 16.5. The second kappa shape index (κ2) is 3.45. The number of amides is 1. The number of fused-ring (bicyclic) bond motifs is 1. The molecule has 6 heteroatoms. The number of nitrogens with zero attached hydrogens (tertiary/aromatic N) is 3. The second-order valence-corrected chi connectivity index (χ2v) is 3.55. The number of rotatable bonds is 0. The summed E-state index contributed by atoms with van der Waals surface area (Å²) in [6, 6.07) is 0.0258. The summed E-state index contributed by atoms with van der Waals surface area (Å²) in [5, 5.41) is 0. The molecule has 0 saturated carbocycles. The first kappa shape index (κ1) is 9.82. The van der Waals surface area contributed by atoms with Crippen molar-refractivity contribution >= 4 is 12.1 Å². The van der Waals surface area contributed by atoms with E-state index in [0.717, 1.165) is 0 Å². The summed E-state index contributed by atoms with van der Waals surface area (Å²) in [6.07, 6.45) is 3.30. The highest BCUT2D eigenvalue weighted by Gasteiger charge is 2.39. The van der Waals surface area contributed by atoms with E-state index in [1.165, 1.54) is 7.11 Å². The van der Waals surface area contributed by atoms with Gasteiger partial charge in [0.15, 0.2) is 12.1 Å². The van der Waals surface area contributed by atoms with Gasteiger partial charge < -0.3 is 15.4 Å². The third-order valence-corrected chi connectivity index (χ3v) is 2.74. The lowest BCUT2D eigenvalue weighted by Gasteiger charge is -2.33. The number of likely N-dealkylation sites (N-methyl/N-ethyl adjacent to an activating group) is 1. The summed E-state index contributed by atoms with van der Waals surface area (Å²) in [6.45, 7) is 0.512. The van der Waals surface area contributed by atoms with Gasteiger partial charge in [0.05, 0.1) is 13.2 Å². The quantitative estimate of drug-likeness (QED) is 0.551. The van der Waals surface area contributed by atoms with Crippen LogP contribution in [0.1, 0.15) is 0 Å². The predicted molar refractivity (Wildman–Crippen MR) is 55.2 cm³/mol. The van der Waals surface area contributed by atoms with Crippen molar-refractivity contribution < 1.29 is 9.53 Å². The maximum absolute atomic E-state index is 11.5. The van der Waals surface area contributed by atoms with Crippen LogP contribution in [0.25, 0.3) is 0 Å². The Hall–Kier alpha value is -1.72. The Labute approximate surface area is 88.0 Å². The largest absolute Gasteiger partial charge is 0.453 e. The number of hydrogen-bond acceptors (Lipinski definition) is 5. The lowest BCUT2D eigenvalue weighted by atomic mass is 10.1. The number of ether oxygens (including phenoxy) is 1. The fourth-order valence-corrected chi connectivity index (χ4v) is 1.86. The fraction of sp³-hybridized carbons (Fsp3) is 0.556. The summed E-state index contributed by atoms with van der Waals surface area (Å²) >= 11 is 0. The molecule has 6 nitrogen and oxygen atoms in total. The minimum atomic E-state index is -0.374. The van der Waals surface area contributed by atoms with Crippen LogP contribution < -0.4 is 5.73 Å². The molecule has 0 unspecified atom stereocenters. The number of methoxy groups -OCH3 is 1. The summed E-state index contributed by atoms with van der Waals surface area (Å²) in [5.41, 5.74) is 5.71. The van der Waals surface area contributed by atoms with Crippen LogP contribution in [-0.4, -0.2) is 54.8 Å². The molecule has 82 valence electrons. The average Bonchev–Trinajstić information content (AvgIpc) is 2.54. The zero-order chi connectivity index (χ0) is 11.0. The molecule has 0 aromatic carbocycles. The van der Waals surface area contributed by atoms with Gasteiger partial charge in [0, 0.05) is 13.6 Å². The molecule has 0 radical (unpaired) electrons. The highest BCUT2D eigenvalue weighted by molar-refractivity contribution is 5.81. The van der Waals surface area contributed by atoms with E-state index < -0.39 is 0 Å². The van der Waals surface area contributed by atoms with Gasteiger partial charge in [0.2, 0.25) is 0 Å². The van der Waals surface area contributed by atoms with Crippen molar-refractivity contribution in [1.29, 1.82) is 0 Å². The molecular weight excluding hydrogens is 196 g/mol. The van der Waals surface area contributed by atoms with E-state index in [9.17, 15) is 4.79 Å². The molecule has 0 spiro atoms. The van der Waals surface area contributed by atoms with E-state index in [-0.39, 0.29) is 18.3 Å². The minimum Gasteiger partial charge on any atom is -0.453 e. The van der Waals surface area contributed by atoms with Crippen molar-refractivity contribution in [3.8, 4) is 0 Å². The normalized spacial score (nSPS) is 28.8. The molecule has 2 aliphatic rings. The molecule has 1 amide bonds. The average molecular weight is 210 g/mol. The van der Waals surface area contributed by atoms with E-state index in [0.29, 0.717) is 12.5 Å². The van der Waals surface area contributed by atoms with Crippen molar-refractivity contribution in [3.05, 3.63) is 12.2 Å². The first-order chi connectivity index (χ1) is 7.15. The Bertz CT molecular complexity index is 339. The van der Waals surface area contributed by atoms with Crippen molar-refractivity contribution in [2.75, 3.05) is 20.7 Å². The van der Waals surface area contributed by atoms with Gasteiger partial charge in [-0.2, -0.15) is 0 Å². The van der Waals surface area contributed by atoms with Crippen molar-refractivity contribution in [3.63, 3.8) is 0 Å². The molecule has 2 N–H and O–H groups in total. The van der Waals surface area contributed by atoms with Gasteiger partial charge in [0.25, 0.3) is 0 Å². The smallest absolute Gasteiger partial charge is 0.411 e. The van der Waals surface area contributed by atoms with Crippen molar-refractivity contribution in [1.82, 2.24) is 9.80 Å². The van der Waals surface area contributed by atoms with E-state index in [1.54, 1.807) is 4.90 Å². The maximum atomic E-state index is 11.5. The summed E-state index contributed by atoms with van der Waals surface area (Å²) in [5.74, 6) is 0.449. The van der Waals surface area contributed by atoms with Crippen LogP contribution in [0.3, 0.4) is 0 Å². The van der Waals surface area contributed by atoms with Gasteiger partial charge in [-0.15, -0.1) is 0 Å². The number of nitrogens with two attached hydrogens (primary N) is 1. The molecule has 2 aliphatic heterocycles. The third kappa shape index (κ3) is 1.42. The summed E-state index contributed by atoms with van der Waals surface area (Å²) in [7, 11) is 3.22. The van der Waals surface area contributed by atoms with Gasteiger partial charge in [-0.1, -0.05) is 12.2 Å².